The molecule has 0 bridgehead atoms. The van der Waals surface area contributed by atoms with Crippen LogP contribution >= 0.6 is 0 Å². The molecule has 6 heteroatoms. The van der Waals surface area contributed by atoms with Crippen LogP contribution in [0, 0.1) is 0 Å². The Balaban J connectivity index is 2.07. The van der Waals surface area contributed by atoms with Crippen LogP contribution < -0.4 is 11.1 Å². The predicted octanol–water partition coefficient (Wildman–Crippen LogP) is 0.731. The molecule has 0 aromatic heterocycles. The second-order valence-electron chi connectivity index (χ2n) is 5.12. The fraction of sp³-hybridized carbons (Fsp3) is 0.833. The number of hydrogen-bond acceptors (Lipinski definition) is 4. The first-order valence-electron chi connectivity index (χ1n) is 6.59. The van der Waals surface area contributed by atoms with Gasteiger partial charge in [0.25, 0.3) is 0 Å². The zero-order valence-electron chi connectivity index (χ0n) is 10.5. The van der Waals surface area contributed by atoms with Crippen LogP contribution in [-0.4, -0.2) is 35.2 Å². The first-order valence-corrected chi connectivity index (χ1v) is 6.59. The average molecular weight is 255 g/mol. The Morgan fingerprint density at radius 2 is 2.06 bits per heavy atom. The average Bonchev–Trinajstić information content (AvgIpc) is 2.93. The van der Waals surface area contributed by atoms with Gasteiger partial charge in [0.05, 0.1) is 0 Å². The van der Waals surface area contributed by atoms with E-state index in [0.29, 0.717) is 6.61 Å². The van der Waals surface area contributed by atoms with E-state index in [9.17, 15) is 4.79 Å². The van der Waals surface area contributed by atoms with Crippen molar-refractivity contribution in [2.45, 2.75) is 56.6 Å². The van der Waals surface area contributed by atoms with Gasteiger partial charge in [-0.15, -0.1) is 0 Å². The molecule has 102 valence electrons. The second-order valence-corrected chi connectivity index (χ2v) is 5.12. The van der Waals surface area contributed by atoms with E-state index in [1.54, 1.807) is 0 Å². The van der Waals surface area contributed by atoms with Gasteiger partial charge in [0.2, 0.25) is 5.91 Å². The van der Waals surface area contributed by atoms with Crippen molar-refractivity contribution in [3.8, 4) is 0 Å². The molecule has 1 saturated carbocycles. The molecule has 6 nitrogen and oxygen atoms in total. The highest BCUT2D eigenvalue weighted by molar-refractivity contribution is 5.95. The third-order valence-corrected chi connectivity index (χ3v) is 3.89. The lowest BCUT2D eigenvalue weighted by atomic mass is 9.80. The first-order chi connectivity index (χ1) is 8.68. The number of oxime groups is 1. The molecule has 18 heavy (non-hydrogen) atoms. The summed E-state index contributed by atoms with van der Waals surface area (Å²) in [6.07, 6.45) is 5.80. The Kier molecular flexibility index (Phi) is 4.06. The molecule has 0 aromatic carbocycles. The third-order valence-electron chi connectivity index (χ3n) is 3.89. The second kappa shape index (κ2) is 5.56. The molecule has 2 aliphatic rings. The van der Waals surface area contributed by atoms with Gasteiger partial charge >= 0.3 is 0 Å². The first kappa shape index (κ1) is 13.1. The van der Waals surface area contributed by atoms with Crippen molar-refractivity contribution >= 4 is 11.7 Å². The van der Waals surface area contributed by atoms with Crippen LogP contribution in [0.4, 0.5) is 0 Å². The SMILES string of the molecule is N/C(=N/O)C1(NC(=O)C2CCCO2)CCCCC1. The highest BCUT2D eigenvalue weighted by Gasteiger charge is 2.40. The Bertz CT molecular complexity index is 331. The number of nitrogens with one attached hydrogen (secondary N) is 1. The molecule has 1 aliphatic heterocycles. The molecular formula is C12H21N3O3. The van der Waals surface area contributed by atoms with Crippen molar-refractivity contribution in [2.75, 3.05) is 6.61 Å². The summed E-state index contributed by atoms with van der Waals surface area (Å²) in [4.78, 5) is 12.1. The molecule has 1 amide bonds. The van der Waals surface area contributed by atoms with Crippen LogP contribution in [0.25, 0.3) is 0 Å². The van der Waals surface area contributed by atoms with Crippen LogP contribution in [-0.2, 0) is 9.53 Å². The van der Waals surface area contributed by atoms with Crippen LogP contribution in [0.15, 0.2) is 5.16 Å². The van der Waals surface area contributed by atoms with Gasteiger partial charge < -0.3 is 21.0 Å². The molecule has 1 heterocycles. The molecular weight excluding hydrogens is 234 g/mol. The standard InChI is InChI=1S/C12H21N3O3/c13-11(15-17)12(6-2-1-3-7-12)14-10(16)9-5-4-8-18-9/h9,17H,1-8H2,(H2,13,15)(H,14,16). The summed E-state index contributed by atoms with van der Waals surface area (Å²) in [7, 11) is 0. The van der Waals surface area contributed by atoms with Crippen molar-refractivity contribution < 1.29 is 14.7 Å². The molecule has 1 saturated heterocycles. The van der Waals surface area contributed by atoms with Gasteiger partial charge in [-0.3, -0.25) is 4.79 Å². The number of amidine groups is 1. The summed E-state index contributed by atoms with van der Waals surface area (Å²) in [5, 5.41) is 15.0. The van der Waals surface area contributed by atoms with E-state index in [0.717, 1.165) is 44.9 Å². The minimum Gasteiger partial charge on any atom is -0.409 e. The Morgan fingerprint density at radius 1 is 1.33 bits per heavy atom. The lowest BCUT2D eigenvalue weighted by Crippen LogP contribution is -2.60. The van der Waals surface area contributed by atoms with E-state index in [4.69, 9.17) is 15.7 Å². The smallest absolute Gasteiger partial charge is 0.249 e. The zero-order chi connectivity index (χ0) is 13.0. The molecule has 0 radical (unpaired) electrons. The molecule has 4 N–H and O–H groups in total. The third kappa shape index (κ3) is 2.58. The maximum Gasteiger partial charge on any atom is 0.249 e. The molecule has 1 atom stereocenters. The van der Waals surface area contributed by atoms with Gasteiger partial charge in [-0.1, -0.05) is 24.4 Å². The summed E-state index contributed by atoms with van der Waals surface area (Å²) >= 11 is 0. The highest BCUT2D eigenvalue weighted by atomic mass is 16.5. The van der Waals surface area contributed by atoms with Crippen LogP contribution in [0.3, 0.4) is 0 Å². The van der Waals surface area contributed by atoms with Crippen molar-refractivity contribution in [1.29, 1.82) is 0 Å². The highest BCUT2D eigenvalue weighted by Crippen LogP contribution is 2.29. The van der Waals surface area contributed by atoms with Crippen LogP contribution in [0.5, 0.6) is 0 Å². The number of nitrogens with zero attached hydrogens (tertiary/aromatic N) is 1. The number of hydrogen-bond donors (Lipinski definition) is 3. The quantitative estimate of drug-likeness (QED) is 0.300. The number of nitrogens with two attached hydrogens (primary N) is 1. The Morgan fingerprint density at radius 3 is 2.61 bits per heavy atom. The van der Waals surface area contributed by atoms with Crippen molar-refractivity contribution in [3.05, 3.63) is 0 Å². The number of amides is 1. The van der Waals surface area contributed by atoms with E-state index in [1.807, 2.05) is 0 Å². The van der Waals surface area contributed by atoms with Gasteiger partial charge in [-0.2, -0.15) is 0 Å². The summed E-state index contributed by atoms with van der Waals surface area (Å²) < 4.78 is 5.36. The normalized spacial score (nSPS) is 28.0. The Labute approximate surface area is 107 Å². The molecule has 2 fully saturated rings. The van der Waals surface area contributed by atoms with Crippen molar-refractivity contribution in [3.63, 3.8) is 0 Å². The maximum atomic E-state index is 12.1. The molecule has 0 aromatic rings. The minimum absolute atomic E-state index is 0.105. The summed E-state index contributed by atoms with van der Waals surface area (Å²) in [6, 6.07) is 0. The monoisotopic (exact) mass is 255 g/mol. The van der Waals surface area contributed by atoms with Crippen LogP contribution in [0.2, 0.25) is 0 Å². The molecule has 1 aliphatic carbocycles. The summed E-state index contributed by atoms with van der Waals surface area (Å²) in [5.41, 5.74) is 5.09. The summed E-state index contributed by atoms with van der Waals surface area (Å²) in [6.45, 7) is 0.634. The van der Waals surface area contributed by atoms with E-state index in [2.05, 4.69) is 10.5 Å². The van der Waals surface area contributed by atoms with Gasteiger partial charge in [0, 0.05) is 6.61 Å². The fourth-order valence-corrected chi connectivity index (χ4v) is 2.80. The minimum atomic E-state index is -0.684. The zero-order valence-corrected chi connectivity index (χ0v) is 10.5. The van der Waals surface area contributed by atoms with Gasteiger partial charge in [0.1, 0.15) is 11.6 Å². The van der Waals surface area contributed by atoms with Gasteiger partial charge in [-0.25, -0.2) is 0 Å². The largest absolute Gasteiger partial charge is 0.409 e. The van der Waals surface area contributed by atoms with Gasteiger partial charge in [0.15, 0.2) is 5.84 Å². The van der Waals surface area contributed by atoms with Crippen molar-refractivity contribution in [2.24, 2.45) is 10.9 Å². The molecule has 0 spiro atoms. The molecule has 1 unspecified atom stereocenters. The van der Waals surface area contributed by atoms with Crippen molar-refractivity contribution in [1.82, 2.24) is 5.32 Å². The summed E-state index contributed by atoms with van der Waals surface area (Å²) in [5.74, 6) is -0.0328. The van der Waals surface area contributed by atoms with E-state index in [1.165, 1.54) is 0 Å². The van der Waals surface area contributed by atoms with Crippen LogP contribution in [0.1, 0.15) is 44.9 Å². The van der Waals surface area contributed by atoms with E-state index in [-0.39, 0.29) is 17.8 Å². The molecule has 2 rings (SSSR count). The van der Waals surface area contributed by atoms with E-state index >= 15 is 0 Å². The number of carbonyl (C=O) groups is 1. The van der Waals surface area contributed by atoms with E-state index < -0.39 is 5.54 Å². The lowest BCUT2D eigenvalue weighted by Gasteiger charge is -2.37. The topological polar surface area (TPSA) is 96.9 Å². The lowest BCUT2D eigenvalue weighted by molar-refractivity contribution is -0.131. The number of carbonyl (C=O) groups excluding carboxylic acids is 1. The number of ether oxygens (including phenoxy) is 1. The Hall–Kier alpha value is -1.30. The number of rotatable bonds is 3. The maximum absolute atomic E-state index is 12.1. The predicted molar refractivity (Wildman–Crippen MR) is 66.3 cm³/mol. The fourth-order valence-electron chi connectivity index (χ4n) is 2.80. The van der Waals surface area contributed by atoms with Gasteiger partial charge in [-0.05, 0) is 25.7 Å².